The number of likely N-dealkylation sites (N-methyl/N-ethyl adjacent to an activating group) is 1. The lowest BCUT2D eigenvalue weighted by Gasteiger charge is -2.35. The van der Waals surface area contributed by atoms with E-state index in [4.69, 9.17) is 4.98 Å². The molecule has 1 saturated heterocycles. The molecule has 4 heteroatoms. The molecule has 0 saturated carbocycles. The molecule has 108 valence electrons. The van der Waals surface area contributed by atoms with E-state index in [0.29, 0.717) is 12.0 Å². The van der Waals surface area contributed by atoms with E-state index in [1.54, 1.807) is 0 Å². The first-order valence-electron chi connectivity index (χ1n) is 7.59. The van der Waals surface area contributed by atoms with Crippen LogP contribution in [0.15, 0.2) is 5.38 Å². The predicted octanol–water partition coefficient (Wildman–Crippen LogP) is 3.23. The van der Waals surface area contributed by atoms with Gasteiger partial charge in [0.15, 0.2) is 0 Å². The fourth-order valence-corrected chi connectivity index (χ4v) is 3.50. The van der Waals surface area contributed by atoms with Crippen LogP contribution in [0.2, 0.25) is 0 Å². The van der Waals surface area contributed by atoms with Crippen LogP contribution < -0.4 is 5.32 Å². The number of aromatic nitrogens is 1. The normalized spacial score (nSPS) is 21.2. The quantitative estimate of drug-likeness (QED) is 0.867. The lowest BCUT2D eigenvalue weighted by Crippen LogP contribution is -2.45. The third kappa shape index (κ3) is 4.26. The van der Waals surface area contributed by atoms with Gasteiger partial charge in [-0.2, -0.15) is 0 Å². The maximum absolute atomic E-state index is 4.78. The molecule has 0 bridgehead atoms. The van der Waals surface area contributed by atoms with Gasteiger partial charge in [0.2, 0.25) is 0 Å². The van der Waals surface area contributed by atoms with Crippen molar-refractivity contribution in [3.63, 3.8) is 0 Å². The molecule has 19 heavy (non-hydrogen) atoms. The third-order valence-corrected chi connectivity index (χ3v) is 5.00. The Morgan fingerprint density at radius 2 is 2.32 bits per heavy atom. The topological polar surface area (TPSA) is 28.2 Å². The Morgan fingerprint density at radius 1 is 1.47 bits per heavy atom. The molecular formula is C15H27N3S. The maximum Gasteiger partial charge on any atom is 0.0954 e. The van der Waals surface area contributed by atoms with Crippen molar-refractivity contribution in [2.24, 2.45) is 0 Å². The molecular weight excluding hydrogens is 254 g/mol. The number of thiazole rings is 1. The summed E-state index contributed by atoms with van der Waals surface area (Å²) in [6.07, 6.45) is 4.04. The Morgan fingerprint density at radius 3 is 3.00 bits per heavy atom. The summed E-state index contributed by atoms with van der Waals surface area (Å²) in [5.74, 6) is 0.553. The molecule has 2 rings (SSSR count). The van der Waals surface area contributed by atoms with Crippen molar-refractivity contribution in [3.8, 4) is 0 Å². The number of nitrogens with zero attached hydrogens (tertiary/aromatic N) is 2. The summed E-state index contributed by atoms with van der Waals surface area (Å²) in [4.78, 5) is 7.39. The van der Waals surface area contributed by atoms with E-state index in [-0.39, 0.29) is 0 Å². The van der Waals surface area contributed by atoms with Crippen molar-refractivity contribution in [1.29, 1.82) is 0 Å². The average Bonchev–Trinajstić information content (AvgIpc) is 2.86. The van der Waals surface area contributed by atoms with Gasteiger partial charge in [0.1, 0.15) is 0 Å². The second kappa shape index (κ2) is 7.36. The van der Waals surface area contributed by atoms with Crippen molar-refractivity contribution in [2.45, 2.75) is 58.5 Å². The van der Waals surface area contributed by atoms with Crippen LogP contribution in [0.4, 0.5) is 0 Å². The molecule has 0 amide bonds. The number of hydrogen-bond donors (Lipinski definition) is 1. The minimum absolute atomic E-state index is 0.553. The number of nitrogens with one attached hydrogen (secondary N) is 1. The highest BCUT2D eigenvalue weighted by Crippen LogP contribution is 2.23. The van der Waals surface area contributed by atoms with Crippen LogP contribution in [0, 0.1) is 0 Å². The van der Waals surface area contributed by atoms with Crippen molar-refractivity contribution in [1.82, 2.24) is 15.2 Å². The van der Waals surface area contributed by atoms with E-state index in [9.17, 15) is 0 Å². The smallest absolute Gasteiger partial charge is 0.0954 e. The first-order valence-corrected chi connectivity index (χ1v) is 8.47. The predicted molar refractivity (Wildman–Crippen MR) is 82.8 cm³/mol. The summed E-state index contributed by atoms with van der Waals surface area (Å²) < 4.78 is 0. The number of hydrogen-bond acceptors (Lipinski definition) is 4. The Hall–Kier alpha value is -0.450. The summed E-state index contributed by atoms with van der Waals surface area (Å²) >= 11 is 1.81. The van der Waals surface area contributed by atoms with Crippen LogP contribution in [-0.4, -0.2) is 35.6 Å². The van der Waals surface area contributed by atoms with Gasteiger partial charge in [-0.1, -0.05) is 27.2 Å². The van der Waals surface area contributed by atoms with E-state index < -0.39 is 0 Å². The van der Waals surface area contributed by atoms with Crippen molar-refractivity contribution < 1.29 is 0 Å². The molecule has 1 aromatic rings. The summed E-state index contributed by atoms with van der Waals surface area (Å²) in [6, 6.07) is 0.692. The summed E-state index contributed by atoms with van der Waals surface area (Å²) in [6.45, 7) is 11.1. The summed E-state index contributed by atoms with van der Waals surface area (Å²) in [5, 5.41) is 7.02. The van der Waals surface area contributed by atoms with Crippen molar-refractivity contribution >= 4 is 11.3 Å². The van der Waals surface area contributed by atoms with Gasteiger partial charge < -0.3 is 5.32 Å². The first-order chi connectivity index (χ1) is 9.20. The molecule has 1 fully saturated rings. The maximum atomic E-state index is 4.78. The van der Waals surface area contributed by atoms with E-state index in [2.05, 4.69) is 36.4 Å². The van der Waals surface area contributed by atoms with Gasteiger partial charge in [0, 0.05) is 30.4 Å². The highest BCUT2D eigenvalue weighted by molar-refractivity contribution is 7.09. The Bertz CT molecular complexity index is 375. The zero-order valence-electron chi connectivity index (χ0n) is 12.5. The highest BCUT2D eigenvalue weighted by Gasteiger charge is 2.22. The Labute approximate surface area is 121 Å². The van der Waals surface area contributed by atoms with Crippen LogP contribution in [0.3, 0.4) is 0 Å². The van der Waals surface area contributed by atoms with E-state index in [0.717, 1.165) is 19.6 Å². The van der Waals surface area contributed by atoms with Crippen LogP contribution in [0.25, 0.3) is 0 Å². The number of piperidine rings is 1. The fourth-order valence-electron chi connectivity index (χ4n) is 2.68. The largest absolute Gasteiger partial charge is 0.315 e. The lowest BCUT2D eigenvalue weighted by atomic mass is 10.0. The highest BCUT2D eigenvalue weighted by atomic mass is 32.1. The van der Waals surface area contributed by atoms with Gasteiger partial charge in [-0.05, 0) is 25.9 Å². The van der Waals surface area contributed by atoms with E-state index in [1.165, 1.54) is 36.5 Å². The molecule has 2 heterocycles. The molecule has 1 N–H and O–H groups in total. The molecule has 0 spiro atoms. The molecule has 1 aliphatic rings. The lowest BCUT2D eigenvalue weighted by molar-refractivity contribution is 0.136. The van der Waals surface area contributed by atoms with Crippen LogP contribution >= 0.6 is 11.3 Å². The van der Waals surface area contributed by atoms with Gasteiger partial charge in [-0.25, -0.2) is 4.98 Å². The second-order valence-electron chi connectivity index (χ2n) is 5.76. The average molecular weight is 281 g/mol. The molecule has 1 aliphatic heterocycles. The van der Waals surface area contributed by atoms with Crippen molar-refractivity contribution in [2.75, 3.05) is 19.6 Å². The van der Waals surface area contributed by atoms with E-state index in [1.807, 2.05) is 11.3 Å². The minimum atomic E-state index is 0.553. The third-order valence-electron chi connectivity index (χ3n) is 3.81. The summed E-state index contributed by atoms with van der Waals surface area (Å²) in [7, 11) is 0. The zero-order chi connectivity index (χ0) is 13.7. The summed E-state index contributed by atoms with van der Waals surface area (Å²) in [5.41, 5.74) is 1.26. The second-order valence-corrected chi connectivity index (χ2v) is 6.65. The van der Waals surface area contributed by atoms with Gasteiger partial charge in [-0.15, -0.1) is 11.3 Å². The van der Waals surface area contributed by atoms with Crippen LogP contribution in [0.1, 0.15) is 56.7 Å². The molecule has 1 atom stereocenters. The standard InChI is InChI=1S/C15H27N3S/c1-4-16-9-14-7-5-6-8-18(14)10-13-11-19-15(17-13)12(2)3/h11-12,14,16H,4-10H2,1-3H3. The van der Waals surface area contributed by atoms with Gasteiger partial charge in [-0.3, -0.25) is 4.90 Å². The first kappa shape index (κ1) is 14.9. The molecule has 0 aliphatic carbocycles. The minimum Gasteiger partial charge on any atom is -0.315 e. The number of likely N-dealkylation sites (tertiary alicyclic amines) is 1. The fraction of sp³-hybridized carbons (Fsp3) is 0.800. The molecule has 0 radical (unpaired) electrons. The Balaban J connectivity index is 1.94. The van der Waals surface area contributed by atoms with Crippen LogP contribution in [-0.2, 0) is 6.54 Å². The molecule has 1 unspecified atom stereocenters. The van der Waals surface area contributed by atoms with Gasteiger partial charge in [0.05, 0.1) is 10.7 Å². The monoisotopic (exact) mass is 281 g/mol. The Kier molecular flexibility index (Phi) is 5.79. The van der Waals surface area contributed by atoms with Gasteiger partial charge >= 0.3 is 0 Å². The van der Waals surface area contributed by atoms with Crippen LogP contribution in [0.5, 0.6) is 0 Å². The number of rotatable bonds is 6. The SMILES string of the molecule is CCNCC1CCCCN1Cc1csc(C(C)C)n1. The van der Waals surface area contributed by atoms with E-state index >= 15 is 0 Å². The molecule has 0 aromatic carbocycles. The molecule has 1 aromatic heterocycles. The van der Waals surface area contributed by atoms with Gasteiger partial charge in [0.25, 0.3) is 0 Å². The van der Waals surface area contributed by atoms with Crippen molar-refractivity contribution in [3.05, 3.63) is 16.1 Å². The molecule has 3 nitrogen and oxygen atoms in total. The zero-order valence-corrected chi connectivity index (χ0v) is 13.3.